The topological polar surface area (TPSA) is 76.2 Å². The highest BCUT2D eigenvalue weighted by Crippen LogP contribution is 2.14. The summed E-state index contributed by atoms with van der Waals surface area (Å²) in [6.45, 7) is 1.89. The van der Waals surface area contributed by atoms with E-state index in [4.69, 9.17) is 4.74 Å². The number of nitrogens with one attached hydrogen (secondary N) is 1. The molecule has 0 aromatic carbocycles. The molecule has 5 nitrogen and oxygen atoms in total. The van der Waals surface area contributed by atoms with Crippen molar-refractivity contribution in [3.63, 3.8) is 0 Å². The number of rotatable bonds is 2. The number of aryl methyl sites for hydroxylation is 1. The van der Waals surface area contributed by atoms with Crippen LogP contribution in [0.25, 0.3) is 0 Å². The summed E-state index contributed by atoms with van der Waals surface area (Å²) in [5, 5.41) is 0. The smallest absolute Gasteiger partial charge is 0.343 e. The van der Waals surface area contributed by atoms with Crippen molar-refractivity contribution < 1.29 is 14.3 Å². The van der Waals surface area contributed by atoms with Gasteiger partial charge in [0.1, 0.15) is 11.3 Å². The third-order valence-electron chi connectivity index (χ3n) is 2.80. The quantitative estimate of drug-likeness (QED) is 0.762. The van der Waals surface area contributed by atoms with Crippen LogP contribution in [0.2, 0.25) is 0 Å². The lowest BCUT2D eigenvalue weighted by atomic mass is 9.93. The summed E-state index contributed by atoms with van der Waals surface area (Å²) in [5.74, 6) is -0.612. The third kappa shape index (κ3) is 2.13. The zero-order chi connectivity index (χ0) is 12.4. The number of ether oxygens (including phenoxy) is 1. The van der Waals surface area contributed by atoms with E-state index < -0.39 is 5.97 Å². The Morgan fingerprint density at radius 3 is 2.88 bits per heavy atom. The van der Waals surface area contributed by atoms with Crippen LogP contribution in [0.1, 0.15) is 35.0 Å². The fourth-order valence-corrected chi connectivity index (χ4v) is 1.93. The molecular weight excluding hydrogens is 222 g/mol. The van der Waals surface area contributed by atoms with Crippen LogP contribution in [0.4, 0.5) is 0 Å². The molecule has 0 saturated heterocycles. The molecule has 1 N–H and O–H groups in total. The number of hydrogen-bond acceptors (Lipinski definition) is 4. The van der Waals surface area contributed by atoms with Gasteiger partial charge in [-0.2, -0.15) is 0 Å². The third-order valence-corrected chi connectivity index (χ3v) is 2.80. The van der Waals surface area contributed by atoms with Gasteiger partial charge in [-0.05, 0) is 13.3 Å². The molecule has 2 rings (SSSR count). The minimum absolute atomic E-state index is 0.0275. The van der Waals surface area contributed by atoms with Crippen LogP contribution in [0.3, 0.4) is 0 Å². The maximum absolute atomic E-state index is 12.0. The first kappa shape index (κ1) is 11.6. The molecule has 0 amide bonds. The van der Waals surface area contributed by atoms with Crippen LogP contribution >= 0.6 is 0 Å². The van der Waals surface area contributed by atoms with E-state index in [1.807, 2.05) is 0 Å². The first-order chi connectivity index (χ1) is 8.13. The Morgan fingerprint density at radius 1 is 1.41 bits per heavy atom. The highest BCUT2D eigenvalue weighted by Gasteiger charge is 2.22. The summed E-state index contributed by atoms with van der Waals surface area (Å²) < 4.78 is 4.78. The summed E-state index contributed by atoms with van der Waals surface area (Å²) in [5.41, 5.74) is 0.750. The standard InChI is InChI=1S/C12H13NO4/c1-2-17-12(16)9-6-13-10-4-3-7(14)5-8(10)11(9)15/h6H,2-5H2,1H3,(H,13,15). The van der Waals surface area contributed by atoms with Crippen molar-refractivity contribution >= 4 is 11.8 Å². The number of hydrogen-bond donors (Lipinski definition) is 1. The minimum atomic E-state index is -0.644. The van der Waals surface area contributed by atoms with Crippen molar-refractivity contribution in [1.82, 2.24) is 4.98 Å². The van der Waals surface area contributed by atoms with Crippen LogP contribution in [-0.4, -0.2) is 23.3 Å². The fraction of sp³-hybridized carbons (Fsp3) is 0.417. The van der Waals surface area contributed by atoms with E-state index in [9.17, 15) is 14.4 Å². The number of fused-ring (bicyclic) bond motifs is 1. The van der Waals surface area contributed by atoms with Gasteiger partial charge in [0.05, 0.1) is 6.61 Å². The Balaban J connectivity index is 2.45. The predicted octanol–water partition coefficient (Wildman–Crippen LogP) is 0.609. The van der Waals surface area contributed by atoms with Gasteiger partial charge in [0, 0.05) is 30.3 Å². The molecule has 0 fully saturated rings. The summed E-state index contributed by atoms with van der Waals surface area (Å²) in [6, 6.07) is 0. The average molecular weight is 235 g/mol. The number of carbonyl (C=O) groups excluding carboxylic acids is 2. The molecule has 1 aliphatic carbocycles. The fourth-order valence-electron chi connectivity index (χ4n) is 1.93. The van der Waals surface area contributed by atoms with Gasteiger partial charge < -0.3 is 9.72 Å². The van der Waals surface area contributed by atoms with Gasteiger partial charge in [-0.25, -0.2) is 4.79 Å². The number of aromatic nitrogens is 1. The molecule has 0 saturated carbocycles. The minimum Gasteiger partial charge on any atom is -0.462 e. The van der Waals surface area contributed by atoms with Gasteiger partial charge in [-0.3, -0.25) is 9.59 Å². The first-order valence-electron chi connectivity index (χ1n) is 5.55. The molecule has 90 valence electrons. The Kier molecular flexibility index (Phi) is 3.08. The lowest BCUT2D eigenvalue weighted by Gasteiger charge is -2.14. The van der Waals surface area contributed by atoms with Gasteiger partial charge in [-0.1, -0.05) is 0 Å². The number of esters is 1. The number of H-pyrrole nitrogens is 1. The largest absolute Gasteiger partial charge is 0.462 e. The summed E-state index contributed by atoms with van der Waals surface area (Å²) in [6.07, 6.45) is 2.46. The maximum Gasteiger partial charge on any atom is 0.343 e. The predicted molar refractivity (Wildman–Crippen MR) is 60.1 cm³/mol. The van der Waals surface area contributed by atoms with Crippen molar-refractivity contribution in [3.8, 4) is 0 Å². The Morgan fingerprint density at radius 2 is 2.18 bits per heavy atom. The van der Waals surface area contributed by atoms with Crippen molar-refractivity contribution in [2.75, 3.05) is 6.61 Å². The van der Waals surface area contributed by atoms with Crippen molar-refractivity contribution in [2.24, 2.45) is 0 Å². The van der Waals surface area contributed by atoms with Crippen LogP contribution < -0.4 is 5.43 Å². The van der Waals surface area contributed by atoms with Gasteiger partial charge >= 0.3 is 5.97 Å². The summed E-state index contributed by atoms with van der Waals surface area (Å²) in [4.78, 5) is 37.7. The summed E-state index contributed by atoms with van der Waals surface area (Å²) in [7, 11) is 0. The Hall–Kier alpha value is -1.91. The van der Waals surface area contributed by atoms with Crippen molar-refractivity contribution in [3.05, 3.63) is 33.2 Å². The SMILES string of the molecule is CCOC(=O)c1c[nH]c2c(c1=O)CC(=O)CC2. The van der Waals surface area contributed by atoms with Gasteiger partial charge in [-0.15, -0.1) is 0 Å². The van der Waals surface area contributed by atoms with E-state index in [1.54, 1.807) is 6.92 Å². The lowest BCUT2D eigenvalue weighted by molar-refractivity contribution is -0.118. The van der Waals surface area contributed by atoms with E-state index in [0.29, 0.717) is 18.4 Å². The molecular formula is C12H13NO4. The lowest BCUT2D eigenvalue weighted by Crippen LogP contribution is -2.28. The zero-order valence-electron chi connectivity index (χ0n) is 9.54. The molecule has 0 bridgehead atoms. The molecule has 1 aromatic rings. The molecule has 0 radical (unpaired) electrons. The second kappa shape index (κ2) is 4.53. The number of ketones is 1. The van der Waals surface area contributed by atoms with Crippen LogP contribution in [0, 0.1) is 0 Å². The Labute approximate surface area is 97.8 Å². The Bertz CT molecular complexity index is 530. The highest BCUT2D eigenvalue weighted by molar-refractivity contribution is 5.90. The monoisotopic (exact) mass is 235 g/mol. The highest BCUT2D eigenvalue weighted by atomic mass is 16.5. The molecule has 0 aliphatic heterocycles. The van der Waals surface area contributed by atoms with E-state index >= 15 is 0 Å². The molecule has 0 atom stereocenters. The second-order valence-corrected chi connectivity index (χ2v) is 3.92. The molecule has 1 heterocycles. The summed E-state index contributed by atoms with van der Waals surface area (Å²) >= 11 is 0. The first-order valence-corrected chi connectivity index (χ1v) is 5.55. The van der Waals surface area contributed by atoms with E-state index in [2.05, 4.69) is 4.98 Å². The van der Waals surface area contributed by atoms with Crippen LogP contribution in [-0.2, 0) is 22.4 Å². The van der Waals surface area contributed by atoms with E-state index in [-0.39, 0.29) is 29.8 Å². The van der Waals surface area contributed by atoms with E-state index in [0.717, 1.165) is 5.69 Å². The molecule has 0 spiro atoms. The van der Waals surface area contributed by atoms with Gasteiger partial charge in [0.2, 0.25) is 0 Å². The number of aromatic amines is 1. The van der Waals surface area contributed by atoms with Crippen molar-refractivity contribution in [1.29, 1.82) is 0 Å². The zero-order valence-corrected chi connectivity index (χ0v) is 9.54. The molecule has 17 heavy (non-hydrogen) atoms. The van der Waals surface area contributed by atoms with E-state index in [1.165, 1.54) is 6.20 Å². The van der Waals surface area contributed by atoms with Gasteiger partial charge in [0.25, 0.3) is 0 Å². The number of Topliss-reactive ketones (excluding diaryl/α,β-unsaturated/α-hetero) is 1. The second-order valence-electron chi connectivity index (χ2n) is 3.92. The maximum atomic E-state index is 12.0. The van der Waals surface area contributed by atoms with Crippen LogP contribution in [0.15, 0.2) is 11.0 Å². The molecule has 0 unspecified atom stereocenters. The average Bonchev–Trinajstić information content (AvgIpc) is 2.30. The van der Waals surface area contributed by atoms with Gasteiger partial charge in [0.15, 0.2) is 5.43 Å². The molecule has 1 aliphatic rings. The molecule has 5 heteroatoms. The molecule has 1 aromatic heterocycles. The number of carbonyl (C=O) groups is 2. The normalized spacial score (nSPS) is 14.3. The van der Waals surface area contributed by atoms with Crippen molar-refractivity contribution in [2.45, 2.75) is 26.2 Å². The number of pyridine rings is 1. The van der Waals surface area contributed by atoms with Crippen LogP contribution in [0.5, 0.6) is 0 Å².